The van der Waals surface area contributed by atoms with Gasteiger partial charge in [-0.1, -0.05) is 71.0 Å². The van der Waals surface area contributed by atoms with Crippen molar-refractivity contribution in [1.29, 1.82) is 0 Å². The fourth-order valence-corrected chi connectivity index (χ4v) is 10.2. The molecule has 4 aromatic rings. The first-order valence-electron chi connectivity index (χ1n) is 24.7. The average Bonchev–Trinajstić information content (AvgIpc) is 4.05. The molecule has 69 heavy (non-hydrogen) atoms. The number of methoxy groups -OCH3 is 2. The molecule has 2 aromatic carbocycles. The Balaban J connectivity index is 1.36. The molecular weight excluding hydrogens is 889 g/mol. The molecule has 4 atom stereocenters. The van der Waals surface area contributed by atoms with Crippen LogP contribution >= 0.6 is 0 Å². The third kappa shape index (κ3) is 13.1. The van der Waals surface area contributed by atoms with Crippen molar-refractivity contribution in [3.63, 3.8) is 0 Å². The second-order valence-corrected chi connectivity index (χ2v) is 27.1. The summed E-state index contributed by atoms with van der Waals surface area (Å²) in [6.45, 7) is 29.9. The Bertz CT molecular complexity index is 2420. The maximum atomic E-state index is 13.1. The van der Waals surface area contributed by atoms with Crippen molar-refractivity contribution in [2.45, 2.75) is 143 Å². The number of aromatic nitrogens is 2. The highest BCUT2D eigenvalue weighted by Gasteiger charge is 2.44. The van der Waals surface area contributed by atoms with E-state index in [2.05, 4.69) is 106 Å². The van der Waals surface area contributed by atoms with E-state index in [1.54, 1.807) is 32.8 Å². The molecule has 6 rings (SSSR count). The number of alkyl carbamates (subject to hydrolysis) is 1. The number of amides is 2. The predicted octanol–water partition coefficient (Wildman–Crippen LogP) is 10.3. The zero-order chi connectivity index (χ0) is 50.6. The van der Waals surface area contributed by atoms with Crippen LogP contribution in [0.2, 0.25) is 18.1 Å². The van der Waals surface area contributed by atoms with Gasteiger partial charge in [0, 0.05) is 81.4 Å². The number of carbonyl (C=O) groups is 3. The average molecular weight is 969 g/mol. The van der Waals surface area contributed by atoms with Crippen LogP contribution in [0, 0.1) is 5.41 Å². The standard InChI is InChI=1S/C54H80N6O8Si/c1-16-60-45-23-22-38(40-30-46(40)57(11)33-44(49(61)65-13)56-50(62)68-52(3,4)5)28-41(45)43(31-54(9,10)35-67-69(14,15)53(6,7)8)48(60)42-29-39(32-55-47(42)36(2)64-12)58-24-26-59(27-25-58)51(63)66-34-37-20-18-17-19-21-37/h17-23,28-29,32,36,40,44,46H,16,24-27,30-31,33-35H2,1-15H3,(H,56,62)/t36-,40-,44-,46+/m1/s1. The minimum atomic E-state index is -2.06. The van der Waals surface area contributed by atoms with Crippen molar-refractivity contribution >= 4 is 43.1 Å². The number of pyridine rings is 1. The molecule has 15 heteroatoms. The lowest BCUT2D eigenvalue weighted by atomic mass is 9.84. The number of likely N-dealkylation sites (N-methyl/N-ethyl adjacent to an activating group) is 1. The molecule has 0 unspecified atom stereocenters. The van der Waals surface area contributed by atoms with Gasteiger partial charge in [-0.3, -0.25) is 4.98 Å². The number of rotatable bonds is 18. The van der Waals surface area contributed by atoms with Crippen LogP contribution in [-0.4, -0.2) is 124 Å². The first kappa shape index (κ1) is 53.4. The number of benzene rings is 2. The SMILES string of the molecule is CCn1c(-c2cc(N3CCN(C(=O)OCc4ccccc4)CC3)cnc2[C@@H](C)OC)c(CC(C)(C)CO[Si](C)(C)C(C)(C)C)c2cc([C@H]3C[C@@H]3N(C)C[C@@H](NC(=O)OC(C)(C)C)C(=O)OC)ccc21. The Hall–Kier alpha value is -4.96. The Morgan fingerprint density at radius 2 is 1.62 bits per heavy atom. The summed E-state index contributed by atoms with van der Waals surface area (Å²) in [6.07, 6.45) is 2.36. The Morgan fingerprint density at radius 3 is 2.23 bits per heavy atom. The molecule has 0 bridgehead atoms. The quantitative estimate of drug-likeness (QED) is 0.0580. The zero-order valence-electron chi connectivity index (χ0n) is 44.2. The monoisotopic (exact) mass is 969 g/mol. The highest BCUT2D eigenvalue weighted by molar-refractivity contribution is 6.74. The molecule has 1 saturated heterocycles. The van der Waals surface area contributed by atoms with Gasteiger partial charge in [0.25, 0.3) is 0 Å². The lowest BCUT2D eigenvalue weighted by Gasteiger charge is -2.39. The van der Waals surface area contributed by atoms with E-state index in [1.165, 1.54) is 23.6 Å². The fourth-order valence-electron chi connectivity index (χ4n) is 9.05. The van der Waals surface area contributed by atoms with E-state index in [1.807, 2.05) is 43.6 Å². The molecule has 2 fully saturated rings. The second-order valence-electron chi connectivity index (χ2n) is 22.3. The van der Waals surface area contributed by atoms with Crippen LogP contribution in [0.5, 0.6) is 0 Å². The van der Waals surface area contributed by atoms with Crippen molar-refractivity contribution in [3.8, 4) is 11.3 Å². The normalized spacial score (nSPS) is 17.7. The summed E-state index contributed by atoms with van der Waals surface area (Å²) < 4.78 is 31.7. The van der Waals surface area contributed by atoms with Crippen molar-refractivity contribution in [1.82, 2.24) is 24.7 Å². The van der Waals surface area contributed by atoms with Gasteiger partial charge in [-0.05, 0) is 113 Å². The van der Waals surface area contributed by atoms with Crippen molar-refractivity contribution in [2.24, 2.45) is 5.41 Å². The van der Waals surface area contributed by atoms with Crippen molar-refractivity contribution < 1.29 is 37.8 Å². The molecule has 378 valence electrons. The van der Waals surface area contributed by atoms with Gasteiger partial charge in [-0.25, -0.2) is 14.4 Å². The number of esters is 1. The van der Waals surface area contributed by atoms with E-state index in [9.17, 15) is 14.4 Å². The number of carbonyl (C=O) groups excluding carboxylic acids is 3. The van der Waals surface area contributed by atoms with Gasteiger partial charge in [-0.2, -0.15) is 0 Å². The van der Waals surface area contributed by atoms with Gasteiger partial charge in [0.1, 0.15) is 18.2 Å². The van der Waals surface area contributed by atoms with E-state index in [0.717, 1.165) is 53.1 Å². The Kier molecular flexibility index (Phi) is 16.7. The molecule has 1 N–H and O–H groups in total. The van der Waals surface area contributed by atoms with E-state index < -0.39 is 32.0 Å². The van der Waals surface area contributed by atoms with E-state index in [4.69, 9.17) is 28.4 Å². The van der Waals surface area contributed by atoms with E-state index >= 15 is 0 Å². The first-order chi connectivity index (χ1) is 32.4. The van der Waals surface area contributed by atoms with Gasteiger partial charge < -0.3 is 48.0 Å². The number of nitrogens with one attached hydrogen (secondary N) is 1. The van der Waals surface area contributed by atoms with Crippen molar-refractivity contribution in [3.05, 3.63) is 83.2 Å². The van der Waals surface area contributed by atoms with E-state index in [0.29, 0.717) is 32.8 Å². The number of anilines is 1. The first-order valence-corrected chi connectivity index (χ1v) is 27.6. The largest absolute Gasteiger partial charge is 0.467 e. The minimum Gasteiger partial charge on any atom is -0.467 e. The molecule has 1 aliphatic heterocycles. The maximum absolute atomic E-state index is 13.1. The molecule has 3 heterocycles. The Labute approximate surface area is 412 Å². The van der Waals surface area contributed by atoms with Gasteiger partial charge >= 0.3 is 18.2 Å². The van der Waals surface area contributed by atoms with Gasteiger partial charge in [0.15, 0.2) is 8.32 Å². The van der Waals surface area contributed by atoms with E-state index in [-0.39, 0.29) is 47.8 Å². The summed E-state index contributed by atoms with van der Waals surface area (Å²) >= 11 is 0. The molecule has 0 radical (unpaired) electrons. The van der Waals surface area contributed by atoms with Gasteiger partial charge in [0.05, 0.1) is 36.5 Å². The number of nitrogens with zero attached hydrogens (tertiary/aromatic N) is 5. The smallest absolute Gasteiger partial charge is 0.410 e. The van der Waals surface area contributed by atoms with Crippen LogP contribution < -0.4 is 10.2 Å². The van der Waals surface area contributed by atoms with Crippen LogP contribution in [0.25, 0.3) is 22.2 Å². The van der Waals surface area contributed by atoms with Gasteiger partial charge in [-0.15, -0.1) is 0 Å². The highest BCUT2D eigenvalue weighted by atomic mass is 28.4. The lowest BCUT2D eigenvalue weighted by molar-refractivity contribution is -0.143. The molecule has 2 aliphatic rings. The zero-order valence-corrected chi connectivity index (χ0v) is 45.2. The second kappa shape index (κ2) is 21.6. The van der Waals surface area contributed by atoms with Crippen molar-refractivity contribution in [2.75, 3.05) is 65.5 Å². The van der Waals surface area contributed by atoms with Crippen LogP contribution in [-0.2, 0) is 47.7 Å². The fraction of sp³-hybridized carbons (Fsp3) is 0.593. The number of hydrogen-bond acceptors (Lipinski definition) is 11. The number of aryl methyl sites for hydroxylation is 1. The summed E-state index contributed by atoms with van der Waals surface area (Å²) in [6, 6.07) is 18.2. The van der Waals surface area contributed by atoms with Crippen LogP contribution in [0.15, 0.2) is 60.8 Å². The summed E-state index contributed by atoms with van der Waals surface area (Å²) in [5.74, 6) is -0.300. The van der Waals surface area contributed by atoms with Crippen LogP contribution in [0.1, 0.15) is 110 Å². The topological polar surface area (TPSA) is 137 Å². The number of ether oxygens (including phenoxy) is 4. The summed E-state index contributed by atoms with van der Waals surface area (Å²) in [4.78, 5) is 50.2. The molecule has 2 amide bonds. The Morgan fingerprint density at radius 1 is 0.942 bits per heavy atom. The molecular formula is C54H80N6O8Si. The van der Waals surface area contributed by atoms with Crippen LogP contribution in [0.4, 0.5) is 15.3 Å². The third-order valence-electron chi connectivity index (χ3n) is 14.2. The highest BCUT2D eigenvalue weighted by Crippen LogP contribution is 2.48. The predicted molar refractivity (Wildman–Crippen MR) is 276 cm³/mol. The number of hydrogen-bond donors (Lipinski definition) is 1. The molecule has 14 nitrogen and oxygen atoms in total. The maximum Gasteiger partial charge on any atom is 0.410 e. The molecule has 2 aromatic heterocycles. The number of fused-ring (bicyclic) bond motifs is 1. The molecule has 0 spiro atoms. The van der Waals surface area contributed by atoms with Gasteiger partial charge in [0.2, 0.25) is 0 Å². The molecule has 1 saturated carbocycles. The third-order valence-corrected chi connectivity index (χ3v) is 18.7. The summed E-state index contributed by atoms with van der Waals surface area (Å²) in [5, 5.41) is 4.00. The van der Waals surface area contributed by atoms with Crippen LogP contribution in [0.3, 0.4) is 0 Å². The lowest BCUT2D eigenvalue weighted by Crippen LogP contribution is -2.50. The number of piperazine rings is 1. The summed E-state index contributed by atoms with van der Waals surface area (Å²) in [7, 11) is 2.99. The minimum absolute atomic E-state index is 0.0727. The summed E-state index contributed by atoms with van der Waals surface area (Å²) in [5.41, 5.74) is 7.64. The molecule has 1 aliphatic carbocycles.